The first-order chi connectivity index (χ1) is 9.76. The average molecular weight is 272 g/mol. The van der Waals surface area contributed by atoms with Crippen molar-refractivity contribution in [1.82, 2.24) is 9.55 Å². The van der Waals surface area contributed by atoms with Gasteiger partial charge in [-0.1, -0.05) is 24.3 Å². The first-order valence-electron chi connectivity index (χ1n) is 6.66. The quantitative estimate of drug-likeness (QED) is 0.856. The zero-order valence-corrected chi connectivity index (χ0v) is 11.5. The van der Waals surface area contributed by atoms with Crippen molar-refractivity contribution >= 4 is 0 Å². The number of aryl methyl sites for hydroxylation is 1. The van der Waals surface area contributed by atoms with Crippen molar-refractivity contribution in [3.63, 3.8) is 0 Å². The number of ether oxygens (including phenoxy) is 2. The first-order valence-corrected chi connectivity index (χ1v) is 6.66. The highest BCUT2D eigenvalue weighted by atomic mass is 16.5. The average Bonchev–Trinajstić information content (AvgIpc) is 2.49. The number of hydrogen-bond donors (Lipinski definition) is 0. The van der Waals surface area contributed by atoms with E-state index < -0.39 is 0 Å². The summed E-state index contributed by atoms with van der Waals surface area (Å²) in [5, 5.41) is 0. The van der Waals surface area contributed by atoms with Gasteiger partial charge in [0, 0.05) is 12.1 Å². The van der Waals surface area contributed by atoms with Crippen LogP contribution in [0.5, 0.6) is 11.8 Å². The van der Waals surface area contributed by atoms with Gasteiger partial charge in [0.2, 0.25) is 5.88 Å². The lowest BCUT2D eigenvalue weighted by Gasteiger charge is -2.23. The van der Waals surface area contributed by atoms with Gasteiger partial charge < -0.3 is 9.47 Å². The Bertz CT molecular complexity index is 707. The Morgan fingerprint density at radius 1 is 1.30 bits per heavy atom. The maximum atomic E-state index is 12.3. The fourth-order valence-electron chi connectivity index (χ4n) is 2.57. The smallest absolute Gasteiger partial charge is 0.313 e. The number of methoxy groups -OCH3 is 1. The number of nitrogens with zero attached hydrogens (tertiary/aromatic N) is 2. The lowest BCUT2D eigenvalue weighted by atomic mass is 9.98. The van der Waals surface area contributed by atoms with Crippen LogP contribution in [-0.4, -0.2) is 23.3 Å². The van der Waals surface area contributed by atoms with Gasteiger partial charge in [-0.2, -0.15) is 4.98 Å². The fourth-order valence-corrected chi connectivity index (χ4v) is 2.57. The summed E-state index contributed by atoms with van der Waals surface area (Å²) in [6, 6.07) is 8.03. The van der Waals surface area contributed by atoms with Gasteiger partial charge in [-0.3, -0.25) is 9.36 Å². The van der Waals surface area contributed by atoms with Crippen molar-refractivity contribution in [3.8, 4) is 23.0 Å². The van der Waals surface area contributed by atoms with E-state index in [1.807, 2.05) is 25.1 Å². The molecule has 2 heterocycles. The Kier molecular flexibility index (Phi) is 3.18. The molecule has 1 aliphatic heterocycles. The van der Waals surface area contributed by atoms with Crippen LogP contribution in [0.15, 0.2) is 29.1 Å². The number of aromatic nitrogens is 2. The van der Waals surface area contributed by atoms with Gasteiger partial charge in [-0.15, -0.1) is 0 Å². The zero-order chi connectivity index (χ0) is 14.1. The third kappa shape index (κ3) is 1.86. The minimum atomic E-state index is -0.208. The highest BCUT2D eigenvalue weighted by molar-refractivity contribution is 5.70. The van der Waals surface area contributed by atoms with Crippen molar-refractivity contribution in [3.05, 3.63) is 40.2 Å². The zero-order valence-electron chi connectivity index (χ0n) is 11.5. The van der Waals surface area contributed by atoms with Crippen molar-refractivity contribution in [2.45, 2.75) is 19.9 Å². The van der Waals surface area contributed by atoms with Crippen LogP contribution in [0.25, 0.3) is 11.3 Å². The summed E-state index contributed by atoms with van der Waals surface area (Å²) in [6.45, 7) is 3.00. The number of benzene rings is 1. The summed E-state index contributed by atoms with van der Waals surface area (Å²) in [6.07, 6.45) is 0.821. The SMILES string of the molecule is CCOc1nc(OC)c(=O)n2c1-c1ccccc1CC2. The maximum absolute atomic E-state index is 12.3. The fraction of sp³-hybridized carbons (Fsp3) is 0.333. The van der Waals surface area contributed by atoms with Crippen molar-refractivity contribution < 1.29 is 9.47 Å². The van der Waals surface area contributed by atoms with Crippen molar-refractivity contribution in [2.24, 2.45) is 0 Å². The Hall–Kier alpha value is -2.30. The molecule has 0 unspecified atom stereocenters. The van der Waals surface area contributed by atoms with E-state index in [0.717, 1.165) is 17.7 Å². The highest BCUT2D eigenvalue weighted by Gasteiger charge is 2.24. The second-order valence-electron chi connectivity index (χ2n) is 4.57. The van der Waals surface area contributed by atoms with E-state index in [1.54, 1.807) is 4.57 Å². The van der Waals surface area contributed by atoms with E-state index >= 15 is 0 Å². The molecule has 0 saturated carbocycles. The number of fused-ring (bicyclic) bond motifs is 3. The van der Waals surface area contributed by atoms with Crippen LogP contribution < -0.4 is 15.0 Å². The van der Waals surface area contributed by atoms with Gasteiger partial charge in [0.1, 0.15) is 5.69 Å². The molecule has 3 rings (SSSR count). The van der Waals surface area contributed by atoms with Gasteiger partial charge in [0.05, 0.1) is 13.7 Å². The summed E-state index contributed by atoms with van der Waals surface area (Å²) in [5.74, 6) is 0.535. The molecule has 0 fully saturated rings. The molecule has 0 bridgehead atoms. The molecule has 104 valence electrons. The molecule has 0 radical (unpaired) electrons. The van der Waals surface area contributed by atoms with Crippen LogP contribution in [0.3, 0.4) is 0 Å². The Morgan fingerprint density at radius 2 is 2.10 bits per heavy atom. The minimum Gasteiger partial charge on any atom is -0.477 e. The normalized spacial score (nSPS) is 12.5. The third-order valence-corrected chi connectivity index (χ3v) is 3.46. The largest absolute Gasteiger partial charge is 0.477 e. The van der Waals surface area contributed by atoms with E-state index in [1.165, 1.54) is 12.7 Å². The standard InChI is InChI=1S/C15H16N2O3/c1-3-20-13-12-11-7-5-4-6-10(11)8-9-17(12)15(18)14(16-13)19-2/h4-7H,3,8-9H2,1-2H3. The topological polar surface area (TPSA) is 53.4 Å². The number of rotatable bonds is 3. The van der Waals surface area contributed by atoms with E-state index in [0.29, 0.717) is 19.0 Å². The Morgan fingerprint density at radius 3 is 2.85 bits per heavy atom. The van der Waals surface area contributed by atoms with Gasteiger partial charge in [0.15, 0.2) is 0 Å². The van der Waals surface area contributed by atoms with Crippen LogP contribution in [0, 0.1) is 0 Å². The molecule has 0 aliphatic carbocycles. The predicted molar refractivity (Wildman–Crippen MR) is 75.4 cm³/mol. The third-order valence-electron chi connectivity index (χ3n) is 3.46. The molecule has 20 heavy (non-hydrogen) atoms. The predicted octanol–water partition coefficient (Wildman–Crippen LogP) is 1.87. The first kappa shape index (κ1) is 12.7. The molecule has 1 aromatic carbocycles. The number of hydrogen-bond acceptors (Lipinski definition) is 4. The van der Waals surface area contributed by atoms with Gasteiger partial charge in [0.25, 0.3) is 5.88 Å². The Labute approximate surface area is 116 Å². The lowest BCUT2D eigenvalue weighted by Crippen LogP contribution is -2.28. The summed E-state index contributed by atoms with van der Waals surface area (Å²) >= 11 is 0. The van der Waals surface area contributed by atoms with Gasteiger partial charge in [-0.25, -0.2) is 0 Å². The molecule has 0 atom stereocenters. The second-order valence-corrected chi connectivity index (χ2v) is 4.57. The summed E-state index contributed by atoms with van der Waals surface area (Å²) in [4.78, 5) is 16.5. The summed E-state index contributed by atoms with van der Waals surface area (Å²) in [7, 11) is 1.45. The van der Waals surface area contributed by atoms with Crippen molar-refractivity contribution in [2.75, 3.05) is 13.7 Å². The van der Waals surface area contributed by atoms with Crippen LogP contribution in [-0.2, 0) is 13.0 Å². The molecule has 5 nitrogen and oxygen atoms in total. The van der Waals surface area contributed by atoms with Crippen LogP contribution in [0.1, 0.15) is 12.5 Å². The summed E-state index contributed by atoms with van der Waals surface area (Å²) in [5.41, 5.74) is 2.76. The lowest BCUT2D eigenvalue weighted by molar-refractivity contribution is 0.309. The minimum absolute atomic E-state index is 0.0802. The molecule has 0 spiro atoms. The summed E-state index contributed by atoms with van der Waals surface area (Å²) < 4.78 is 12.4. The Balaban J connectivity index is 2.32. The molecule has 2 aromatic rings. The van der Waals surface area contributed by atoms with E-state index in [9.17, 15) is 4.79 Å². The molecule has 0 N–H and O–H groups in total. The van der Waals surface area contributed by atoms with Crippen LogP contribution in [0.2, 0.25) is 0 Å². The molecule has 1 aliphatic rings. The van der Waals surface area contributed by atoms with Gasteiger partial charge in [-0.05, 0) is 18.9 Å². The van der Waals surface area contributed by atoms with Crippen molar-refractivity contribution in [1.29, 1.82) is 0 Å². The van der Waals surface area contributed by atoms with E-state index in [4.69, 9.17) is 9.47 Å². The monoisotopic (exact) mass is 272 g/mol. The molecule has 5 heteroatoms. The van der Waals surface area contributed by atoms with Crippen LogP contribution >= 0.6 is 0 Å². The highest BCUT2D eigenvalue weighted by Crippen LogP contribution is 2.34. The molecule has 1 aromatic heterocycles. The molecule has 0 amide bonds. The van der Waals surface area contributed by atoms with E-state index in [2.05, 4.69) is 11.1 Å². The van der Waals surface area contributed by atoms with E-state index in [-0.39, 0.29) is 11.4 Å². The van der Waals surface area contributed by atoms with Gasteiger partial charge >= 0.3 is 5.56 Å². The second kappa shape index (κ2) is 5.00. The van der Waals surface area contributed by atoms with Crippen LogP contribution in [0.4, 0.5) is 0 Å². The molecular weight excluding hydrogens is 256 g/mol. The maximum Gasteiger partial charge on any atom is 0.313 e. The molecule has 0 saturated heterocycles. The molecular formula is C15H16N2O3.